The van der Waals surface area contributed by atoms with Crippen LogP contribution in [0.25, 0.3) is 0 Å². The Kier molecular flexibility index (Phi) is 5.59. The van der Waals surface area contributed by atoms with E-state index in [2.05, 4.69) is 12.2 Å². The maximum absolute atomic E-state index is 12.7. The number of nitrogens with one attached hydrogen (secondary N) is 1. The number of aryl methyl sites for hydroxylation is 1. The van der Waals surface area contributed by atoms with Gasteiger partial charge in [-0.3, -0.25) is 0 Å². The zero-order chi connectivity index (χ0) is 17.1. The lowest BCUT2D eigenvalue weighted by molar-refractivity contribution is 0.214. The van der Waals surface area contributed by atoms with Crippen LogP contribution in [0.5, 0.6) is 0 Å². The molecular weight excluding hydrogens is 363 g/mol. The molecule has 0 aliphatic carbocycles. The number of hydrogen-bond donors (Lipinski definition) is 1. The molecule has 0 aromatic heterocycles. The Hall–Kier alpha value is -1.36. The Morgan fingerprint density at radius 3 is 2.67 bits per heavy atom. The fraction of sp³-hybridized carbons (Fsp3) is 0.278. The van der Waals surface area contributed by atoms with Crippen molar-refractivity contribution in [2.24, 2.45) is 0 Å². The third-order valence-electron chi connectivity index (χ3n) is 3.99. The monoisotopic (exact) mass is 380 g/mol. The van der Waals surface area contributed by atoms with Crippen molar-refractivity contribution >= 4 is 46.7 Å². The molecule has 1 atom stereocenters. The van der Waals surface area contributed by atoms with Crippen molar-refractivity contribution < 1.29 is 4.79 Å². The third-order valence-corrected chi connectivity index (χ3v) is 5.80. The van der Waals surface area contributed by atoms with Gasteiger partial charge in [0.2, 0.25) is 0 Å². The summed E-state index contributed by atoms with van der Waals surface area (Å²) in [6.07, 6.45) is 0.980. The van der Waals surface area contributed by atoms with Gasteiger partial charge in [0.15, 0.2) is 0 Å². The van der Waals surface area contributed by atoms with Crippen LogP contribution in [0.4, 0.5) is 10.5 Å². The predicted octanol–water partition coefficient (Wildman–Crippen LogP) is 5.84. The van der Waals surface area contributed by atoms with Crippen molar-refractivity contribution in [2.75, 3.05) is 17.6 Å². The molecule has 6 heteroatoms. The summed E-state index contributed by atoms with van der Waals surface area (Å²) in [5, 5.41) is 4.06. The maximum Gasteiger partial charge on any atom is 0.323 e. The van der Waals surface area contributed by atoms with Gasteiger partial charge < -0.3 is 10.2 Å². The number of carbonyl (C=O) groups is 1. The summed E-state index contributed by atoms with van der Waals surface area (Å²) in [6.45, 7) is 2.79. The molecule has 1 heterocycles. The summed E-state index contributed by atoms with van der Waals surface area (Å²) in [7, 11) is 0. The number of benzene rings is 2. The molecule has 2 aromatic rings. The standard InChI is InChI=1S/C18H18Cl2N2OS/c1-2-12-3-6-14(7-4-12)21-18(23)22-9-10-24-17(22)15-8-5-13(19)11-16(15)20/h3-8,11,17H,2,9-10H2,1H3,(H,21,23). The van der Waals surface area contributed by atoms with E-state index in [1.165, 1.54) is 5.56 Å². The Morgan fingerprint density at radius 2 is 2.00 bits per heavy atom. The van der Waals surface area contributed by atoms with Gasteiger partial charge >= 0.3 is 6.03 Å². The fourth-order valence-corrected chi connectivity index (χ4v) is 4.52. The lowest BCUT2D eigenvalue weighted by Gasteiger charge is -2.25. The van der Waals surface area contributed by atoms with Crippen LogP contribution in [-0.4, -0.2) is 23.2 Å². The number of urea groups is 1. The molecule has 1 aliphatic rings. The van der Waals surface area contributed by atoms with E-state index in [9.17, 15) is 4.79 Å². The molecule has 0 spiro atoms. The van der Waals surface area contributed by atoms with Crippen LogP contribution in [0.15, 0.2) is 42.5 Å². The van der Waals surface area contributed by atoms with Crippen molar-refractivity contribution in [3.63, 3.8) is 0 Å². The highest BCUT2D eigenvalue weighted by molar-refractivity contribution is 7.99. The number of rotatable bonds is 3. The van der Waals surface area contributed by atoms with E-state index in [4.69, 9.17) is 23.2 Å². The first-order valence-electron chi connectivity index (χ1n) is 7.81. The molecule has 1 fully saturated rings. The summed E-state index contributed by atoms with van der Waals surface area (Å²) in [4.78, 5) is 14.5. The summed E-state index contributed by atoms with van der Waals surface area (Å²) < 4.78 is 0. The van der Waals surface area contributed by atoms with E-state index in [0.29, 0.717) is 16.6 Å². The zero-order valence-corrected chi connectivity index (χ0v) is 15.6. The second-order valence-corrected chi connectivity index (χ2v) is 7.59. The molecule has 0 bridgehead atoms. The normalized spacial score (nSPS) is 17.1. The molecule has 2 aromatic carbocycles. The lowest BCUT2D eigenvalue weighted by Crippen LogP contribution is -2.34. The van der Waals surface area contributed by atoms with Crippen LogP contribution in [0.3, 0.4) is 0 Å². The maximum atomic E-state index is 12.7. The molecular formula is C18H18Cl2N2OS. The van der Waals surface area contributed by atoms with E-state index in [0.717, 1.165) is 23.4 Å². The number of carbonyl (C=O) groups excluding carboxylic acids is 1. The minimum Gasteiger partial charge on any atom is -0.308 e. The average molecular weight is 381 g/mol. The minimum atomic E-state index is -0.111. The first-order valence-corrected chi connectivity index (χ1v) is 9.62. The topological polar surface area (TPSA) is 32.3 Å². The molecule has 0 radical (unpaired) electrons. The Balaban J connectivity index is 1.75. The van der Waals surface area contributed by atoms with Gasteiger partial charge in [0.05, 0.1) is 0 Å². The van der Waals surface area contributed by atoms with Gasteiger partial charge in [0, 0.05) is 33.6 Å². The van der Waals surface area contributed by atoms with E-state index >= 15 is 0 Å². The Labute approximate surface area is 156 Å². The quantitative estimate of drug-likeness (QED) is 0.725. The zero-order valence-electron chi connectivity index (χ0n) is 13.3. The van der Waals surface area contributed by atoms with Crippen LogP contribution in [0, 0.1) is 0 Å². The smallest absolute Gasteiger partial charge is 0.308 e. The van der Waals surface area contributed by atoms with Crippen LogP contribution in [0.1, 0.15) is 23.4 Å². The number of thioether (sulfide) groups is 1. The molecule has 1 aliphatic heterocycles. The number of anilines is 1. The van der Waals surface area contributed by atoms with Crippen molar-refractivity contribution in [3.8, 4) is 0 Å². The highest BCUT2D eigenvalue weighted by Crippen LogP contribution is 2.41. The number of nitrogens with zero attached hydrogens (tertiary/aromatic N) is 1. The lowest BCUT2D eigenvalue weighted by atomic mass is 10.1. The van der Waals surface area contributed by atoms with Gasteiger partial charge in [-0.2, -0.15) is 0 Å². The third kappa shape index (κ3) is 3.82. The number of halogens is 2. The summed E-state index contributed by atoms with van der Waals surface area (Å²) >= 11 is 14.0. The van der Waals surface area contributed by atoms with Crippen molar-refractivity contribution in [2.45, 2.75) is 18.7 Å². The molecule has 1 unspecified atom stereocenters. The summed E-state index contributed by atoms with van der Waals surface area (Å²) in [6, 6.07) is 13.2. The fourth-order valence-electron chi connectivity index (χ4n) is 2.66. The van der Waals surface area contributed by atoms with Crippen LogP contribution in [0.2, 0.25) is 10.0 Å². The predicted molar refractivity (Wildman–Crippen MR) is 103 cm³/mol. The molecule has 2 amide bonds. The molecule has 126 valence electrons. The highest BCUT2D eigenvalue weighted by atomic mass is 35.5. The minimum absolute atomic E-state index is 0.0929. The van der Waals surface area contributed by atoms with Crippen molar-refractivity contribution in [3.05, 3.63) is 63.6 Å². The Morgan fingerprint density at radius 1 is 1.25 bits per heavy atom. The number of hydrogen-bond acceptors (Lipinski definition) is 2. The molecule has 3 nitrogen and oxygen atoms in total. The largest absolute Gasteiger partial charge is 0.323 e. The van der Waals surface area contributed by atoms with Gasteiger partial charge in [-0.25, -0.2) is 4.79 Å². The molecule has 3 rings (SSSR count). The van der Waals surface area contributed by atoms with Crippen LogP contribution < -0.4 is 5.32 Å². The molecule has 24 heavy (non-hydrogen) atoms. The summed E-state index contributed by atoms with van der Waals surface area (Å²) in [5.74, 6) is 0.881. The molecule has 1 saturated heterocycles. The second kappa shape index (κ2) is 7.68. The first kappa shape index (κ1) is 17.5. The van der Waals surface area contributed by atoms with Gasteiger partial charge in [-0.05, 0) is 36.2 Å². The van der Waals surface area contributed by atoms with E-state index in [-0.39, 0.29) is 11.4 Å². The second-order valence-electron chi connectivity index (χ2n) is 5.56. The van der Waals surface area contributed by atoms with Crippen LogP contribution >= 0.6 is 35.0 Å². The van der Waals surface area contributed by atoms with Crippen LogP contribution in [-0.2, 0) is 6.42 Å². The van der Waals surface area contributed by atoms with E-state index in [1.807, 2.05) is 35.2 Å². The van der Waals surface area contributed by atoms with Gasteiger partial charge in [0.1, 0.15) is 5.37 Å². The molecule has 1 N–H and O–H groups in total. The first-order chi connectivity index (χ1) is 11.6. The summed E-state index contributed by atoms with van der Waals surface area (Å²) in [5.41, 5.74) is 2.96. The van der Waals surface area contributed by atoms with Gasteiger partial charge in [-0.1, -0.05) is 48.3 Å². The van der Waals surface area contributed by atoms with E-state index in [1.54, 1.807) is 23.9 Å². The highest BCUT2D eigenvalue weighted by Gasteiger charge is 2.32. The number of amides is 2. The van der Waals surface area contributed by atoms with Gasteiger partial charge in [0.25, 0.3) is 0 Å². The van der Waals surface area contributed by atoms with Crippen molar-refractivity contribution in [1.29, 1.82) is 0 Å². The molecule has 0 saturated carbocycles. The van der Waals surface area contributed by atoms with Crippen molar-refractivity contribution in [1.82, 2.24) is 4.90 Å². The SMILES string of the molecule is CCc1ccc(NC(=O)N2CCSC2c2ccc(Cl)cc2Cl)cc1. The van der Waals surface area contributed by atoms with E-state index < -0.39 is 0 Å². The van der Waals surface area contributed by atoms with Gasteiger partial charge in [-0.15, -0.1) is 11.8 Å². The Bertz CT molecular complexity index is 736. The average Bonchev–Trinajstić information content (AvgIpc) is 3.05.